The van der Waals surface area contributed by atoms with Crippen molar-refractivity contribution in [1.82, 2.24) is 0 Å². The van der Waals surface area contributed by atoms with Crippen LogP contribution in [0.4, 0.5) is 0 Å². The summed E-state index contributed by atoms with van der Waals surface area (Å²) in [7, 11) is 0. The lowest BCUT2D eigenvalue weighted by Crippen LogP contribution is -2.53. The van der Waals surface area contributed by atoms with Crippen molar-refractivity contribution < 1.29 is 19.0 Å². The molecule has 0 saturated carbocycles. The molecule has 2 saturated heterocycles. The first kappa shape index (κ1) is 10.6. The fourth-order valence-corrected chi connectivity index (χ4v) is 2.08. The minimum atomic E-state index is -0.692. The van der Waals surface area contributed by atoms with Gasteiger partial charge in [0.15, 0.2) is 11.9 Å². The lowest BCUT2D eigenvalue weighted by atomic mass is 9.97. The van der Waals surface area contributed by atoms with E-state index in [0.717, 1.165) is 0 Å². The summed E-state index contributed by atoms with van der Waals surface area (Å²) in [4.78, 5) is 11.4. The maximum absolute atomic E-state index is 11.4. The van der Waals surface area contributed by atoms with Gasteiger partial charge in [-0.1, -0.05) is 6.08 Å². The van der Waals surface area contributed by atoms with Gasteiger partial charge in [0.2, 0.25) is 0 Å². The number of ether oxygens (including phenoxy) is 3. The van der Waals surface area contributed by atoms with E-state index in [1.165, 1.54) is 0 Å². The third kappa shape index (κ3) is 1.68. The lowest BCUT2D eigenvalue weighted by molar-refractivity contribution is -0.314. The molecule has 0 N–H and O–H groups in total. The molecule has 4 nitrogen and oxygen atoms in total. The topological polar surface area (TPSA) is 44.8 Å². The van der Waals surface area contributed by atoms with Gasteiger partial charge >= 0.3 is 5.97 Å². The van der Waals surface area contributed by atoms with Crippen molar-refractivity contribution >= 4 is 5.97 Å². The third-order valence-corrected chi connectivity index (χ3v) is 2.84. The summed E-state index contributed by atoms with van der Waals surface area (Å²) in [5.74, 6) is -1.15. The number of rotatable bonds is 1. The van der Waals surface area contributed by atoms with Gasteiger partial charge in [-0.15, -0.1) is 6.58 Å². The van der Waals surface area contributed by atoms with Crippen LogP contribution in [-0.2, 0) is 19.0 Å². The van der Waals surface area contributed by atoms with E-state index in [4.69, 9.17) is 14.2 Å². The zero-order valence-corrected chi connectivity index (χ0v) is 9.23. The summed E-state index contributed by atoms with van der Waals surface area (Å²) in [6.45, 7) is 9.16. The van der Waals surface area contributed by atoms with E-state index in [0.29, 0.717) is 0 Å². The molecule has 0 amide bonds. The monoisotopic (exact) mass is 212 g/mol. The number of esters is 1. The fourth-order valence-electron chi connectivity index (χ4n) is 2.08. The predicted molar refractivity (Wildman–Crippen MR) is 53.1 cm³/mol. The van der Waals surface area contributed by atoms with Crippen molar-refractivity contribution in [2.24, 2.45) is 5.92 Å². The zero-order chi connectivity index (χ0) is 11.2. The Labute approximate surface area is 89.2 Å². The average Bonchev–Trinajstić information content (AvgIpc) is 2.42. The summed E-state index contributed by atoms with van der Waals surface area (Å²) in [6.07, 6.45) is 0.794. The predicted octanol–water partition coefficient (Wildman–Crippen LogP) is 1.25. The molecule has 2 fully saturated rings. The molecule has 0 aromatic rings. The highest BCUT2D eigenvalue weighted by molar-refractivity contribution is 5.75. The van der Waals surface area contributed by atoms with Gasteiger partial charge in [-0.3, -0.25) is 4.79 Å². The molecule has 0 unspecified atom stereocenters. The molecular weight excluding hydrogens is 196 g/mol. The molecule has 2 aliphatic heterocycles. The maximum Gasteiger partial charge on any atom is 0.311 e. The SMILES string of the molecule is C=C[C@H]1OC(C)(C)O[C@@H]2[C@H]1OC(=O)[C@@H]2C. The molecule has 4 heteroatoms. The van der Waals surface area contributed by atoms with E-state index in [9.17, 15) is 4.79 Å². The van der Waals surface area contributed by atoms with Crippen LogP contribution in [0.5, 0.6) is 0 Å². The van der Waals surface area contributed by atoms with Gasteiger partial charge in [0.25, 0.3) is 0 Å². The number of hydrogen-bond donors (Lipinski definition) is 0. The van der Waals surface area contributed by atoms with Crippen LogP contribution in [0.15, 0.2) is 12.7 Å². The highest BCUT2D eigenvalue weighted by Crippen LogP contribution is 2.37. The van der Waals surface area contributed by atoms with Crippen molar-refractivity contribution in [3.63, 3.8) is 0 Å². The van der Waals surface area contributed by atoms with Crippen LogP contribution in [0.25, 0.3) is 0 Å². The number of carbonyl (C=O) groups is 1. The first-order chi connectivity index (χ1) is 6.94. The molecule has 15 heavy (non-hydrogen) atoms. The van der Waals surface area contributed by atoms with Crippen LogP contribution in [0.3, 0.4) is 0 Å². The van der Waals surface area contributed by atoms with Gasteiger partial charge in [0.05, 0.1) is 5.92 Å². The Morgan fingerprint density at radius 2 is 2.00 bits per heavy atom. The van der Waals surface area contributed by atoms with Crippen LogP contribution in [0.2, 0.25) is 0 Å². The molecule has 0 aromatic carbocycles. The first-order valence-corrected chi connectivity index (χ1v) is 5.13. The summed E-state index contributed by atoms with van der Waals surface area (Å²) < 4.78 is 16.5. The fraction of sp³-hybridized carbons (Fsp3) is 0.727. The summed E-state index contributed by atoms with van der Waals surface area (Å²) in [6, 6.07) is 0. The quantitative estimate of drug-likeness (QED) is 0.485. The van der Waals surface area contributed by atoms with Crippen molar-refractivity contribution in [2.75, 3.05) is 0 Å². The van der Waals surface area contributed by atoms with Gasteiger partial charge in [-0.2, -0.15) is 0 Å². The molecule has 2 aliphatic rings. The Morgan fingerprint density at radius 1 is 1.33 bits per heavy atom. The molecular formula is C11H16O4. The summed E-state index contributed by atoms with van der Waals surface area (Å²) in [5, 5.41) is 0. The van der Waals surface area contributed by atoms with Gasteiger partial charge < -0.3 is 14.2 Å². The van der Waals surface area contributed by atoms with Crippen molar-refractivity contribution in [2.45, 2.75) is 44.9 Å². The Morgan fingerprint density at radius 3 is 2.60 bits per heavy atom. The van der Waals surface area contributed by atoms with E-state index < -0.39 is 5.79 Å². The molecule has 4 atom stereocenters. The minimum absolute atomic E-state index is 0.224. The number of hydrogen-bond acceptors (Lipinski definition) is 4. The second-order valence-corrected chi connectivity index (χ2v) is 4.49. The Hall–Kier alpha value is -0.870. The molecule has 0 spiro atoms. The van der Waals surface area contributed by atoms with E-state index in [1.807, 2.05) is 20.8 Å². The largest absolute Gasteiger partial charge is 0.456 e. The smallest absolute Gasteiger partial charge is 0.311 e. The number of fused-ring (bicyclic) bond motifs is 1. The normalized spacial score (nSPS) is 43.3. The van der Waals surface area contributed by atoms with Gasteiger partial charge in [0, 0.05) is 0 Å². The molecule has 2 rings (SSSR count). The summed E-state index contributed by atoms with van der Waals surface area (Å²) in [5.41, 5.74) is 0. The van der Waals surface area contributed by atoms with Crippen molar-refractivity contribution in [1.29, 1.82) is 0 Å². The standard InChI is InChI=1S/C11H16O4/c1-5-7-9-8(6(2)10(12)13-9)15-11(3,4)14-7/h5-9H,1H2,2-4H3/t6-,7-,8+,9+/m1/s1. The van der Waals surface area contributed by atoms with Gasteiger partial charge in [-0.05, 0) is 20.8 Å². The minimum Gasteiger partial charge on any atom is -0.456 e. The van der Waals surface area contributed by atoms with Gasteiger partial charge in [-0.25, -0.2) is 0 Å². The molecule has 2 heterocycles. The Balaban J connectivity index is 2.26. The van der Waals surface area contributed by atoms with E-state index in [1.54, 1.807) is 6.08 Å². The first-order valence-electron chi connectivity index (χ1n) is 5.13. The van der Waals surface area contributed by atoms with Crippen LogP contribution >= 0.6 is 0 Å². The summed E-state index contributed by atoms with van der Waals surface area (Å²) >= 11 is 0. The molecule has 0 radical (unpaired) electrons. The highest BCUT2D eigenvalue weighted by atomic mass is 16.7. The van der Waals surface area contributed by atoms with Crippen LogP contribution in [0.1, 0.15) is 20.8 Å². The molecule has 0 aliphatic carbocycles. The van der Waals surface area contributed by atoms with E-state index in [2.05, 4.69) is 6.58 Å². The van der Waals surface area contributed by atoms with Crippen molar-refractivity contribution in [3.05, 3.63) is 12.7 Å². The van der Waals surface area contributed by atoms with Gasteiger partial charge in [0.1, 0.15) is 12.2 Å². The Kier molecular flexibility index (Phi) is 2.35. The Bertz CT molecular complexity index is 297. The molecule has 0 bridgehead atoms. The van der Waals surface area contributed by atoms with Crippen LogP contribution in [0, 0.1) is 5.92 Å². The van der Waals surface area contributed by atoms with Crippen LogP contribution in [-0.4, -0.2) is 30.1 Å². The second-order valence-electron chi connectivity index (χ2n) is 4.49. The van der Waals surface area contributed by atoms with E-state index >= 15 is 0 Å². The van der Waals surface area contributed by atoms with E-state index in [-0.39, 0.29) is 30.2 Å². The highest BCUT2D eigenvalue weighted by Gasteiger charge is 2.53. The van der Waals surface area contributed by atoms with Crippen molar-refractivity contribution in [3.8, 4) is 0 Å². The lowest BCUT2D eigenvalue weighted by Gasteiger charge is -2.41. The maximum atomic E-state index is 11.4. The average molecular weight is 212 g/mol. The molecule has 84 valence electrons. The number of carbonyl (C=O) groups excluding carboxylic acids is 1. The zero-order valence-electron chi connectivity index (χ0n) is 9.23. The van der Waals surface area contributed by atoms with Crippen LogP contribution < -0.4 is 0 Å². The second kappa shape index (κ2) is 3.32. The third-order valence-electron chi connectivity index (χ3n) is 2.84. The molecule has 0 aromatic heterocycles.